The topological polar surface area (TPSA) is 102 Å². The van der Waals surface area contributed by atoms with Crippen LogP contribution in [0.2, 0.25) is 0 Å². The highest BCUT2D eigenvalue weighted by atomic mass is 32.1. The average Bonchev–Trinajstić information content (AvgIpc) is 3.21. The van der Waals surface area contributed by atoms with Gasteiger partial charge in [-0.05, 0) is 26.0 Å². The molecule has 30 heavy (non-hydrogen) atoms. The Morgan fingerprint density at radius 2 is 1.63 bits per heavy atom. The van der Waals surface area contributed by atoms with Gasteiger partial charge >= 0.3 is 0 Å². The fourth-order valence-corrected chi connectivity index (χ4v) is 3.46. The van der Waals surface area contributed by atoms with Gasteiger partial charge in [0.25, 0.3) is 5.91 Å². The molecule has 0 saturated carbocycles. The summed E-state index contributed by atoms with van der Waals surface area (Å²) in [6.45, 7) is 3.59. The maximum atomic E-state index is 12.7. The van der Waals surface area contributed by atoms with Gasteiger partial charge in [0.05, 0.1) is 14.2 Å². The number of aryl methyl sites for hydroxylation is 1. The Kier molecular flexibility index (Phi) is 6.63. The number of anilines is 1. The highest BCUT2D eigenvalue weighted by molar-refractivity contribution is 7.18. The van der Waals surface area contributed by atoms with Gasteiger partial charge in [0.15, 0.2) is 0 Å². The quantitative estimate of drug-likeness (QED) is 0.601. The van der Waals surface area contributed by atoms with Crippen LogP contribution in [0.25, 0.3) is 10.6 Å². The van der Waals surface area contributed by atoms with E-state index in [-0.39, 0.29) is 5.56 Å². The van der Waals surface area contributed by atoms with E-state index in [0.29, 0.717) is 21.6 Å². The van der Waals surface area contributed by atoms with Crippen molar-refractivity contribution in [1.29, 1.82) is 0 Å². The highest BCUT2D eigenvalue weighted by Crippen LogP contribution is 2.28. The second kappa shape index (κ2) is 9.36. The molecule has 2 N–H and O–H groups in total. The summed E-state index contributed by atoms with van der Waals surface area (Å²) in [6.07, 6.45) is 0. The summed E-state index contributed by atoms with van der Waals surface area (Å²) >= 11 is 1.26. The van der Waals surface area contributed by atoms with Crippen molar-refractivity contribution in [2.24, 2.45) is 0 Å². The van der Waals surface area contributed by atoms with Crippen LogP contribution >= 0.6 is 11.3 Å². The summed E-state index contributed by atoms with van der Waals surface area (Å²) < 4.78 is 10.5. The first-order valence-corrected chi connectivity index (χ1v) is 9.98. The van der Waals surface area contributed by atoms with Crippen LogP contribution < -0.4 is 20.1 Å². The molecule has 0 aliphatic carbocycles. The van der Waals surface area contributed by atoms with Crippen molar-refractivity contribution < 1.29 is 19.1 Å². The van der Waals surface area contributed by atoms with Gasteiger partial charge in [-0.25, -0.2) is 0 Å². The Labute approximate surface area is 178 Å². The fourth-order valence-electron chi connectivity index (χ4n) is 2.71. The number of hydrogen-bond acceptors (Lipinski definition) is 7. The number of amides is 2. The van der Waals surface area contributed by atoms with E-state index in [9.17, 15) is 9.59 Å². The number of hydrogen-bond donors (Lipinski definition) is 2. The van der Waals surface area contributed by atoms with Crippen LogP contribution in [0.15, 0.2) is 42.5 Å². The Bertz CT molecular complexity index is 1030. The summed E-state index contributed by atoms with van der Waals surface area (Å²) in [6, 6.07) is 12.1. The van der Waals surface area contributed by atoms with Crippen LogP contribution in [0.5, 0.6) is 11.5 Å². The lowest BCUT2D eigenvalue weighted by Crippen LogP contribution is -2.41. The number of rotatable bonds is 7. The summed E-state index contributed by atoms with van der Waals surface area (Å²) in [5.74, 6) is -0.189. The molecule has 2 amide bonds. The molecule has 9 heteroatoms. The summed E-state index contributed by atoms with van der Waals surface area (Å²) in [7, 11) is 2.92. The van der Waals surface area contributed by atoms with Gasteiger partial charge in [-0.3, -0.25) is 14.9 Å². The second-order valence-electron chi connectivity index (χ2n) is 6.50. The zero-order chi connectivity index (χ0) is 21.7. The van der Waals surface area contributed by atoms with Crippen molar-refractivity contribution in [2.75, 3.05) is 19.5 Å². The first kappa shape index (κ1) is 21.3. The molecular formula is C21H22N4O4S. The van der Waals surface area contributed by atoms with Crippen LogP contribution in [0.3, 0.4) is 0 Å². The summed E-state index contributed by atoms with van der Waals surface area (Å²) in [5, 5.41) is 14.5. The van der Waals surface area contributed by atoms with E-state index in [0.717, 1.165) is 11.1 Å². The van der Waals surface area contributed by atoms with E-state index in [2.05, 4.69) is 20.8 Å². The fraction of sp³-hybridized carbons (Fsp3) is 0.238. The molecule has 0 bridgehead atoms. The zero-order valence-corrected chi connectivity index (χ0v) is 17.9. The molecule has 0 spiro atoms. The molecule has 3 rings (SSSR count). The van der Waals surface area contributed by atoms with Crippen LogP contribution in [0.1, 0.15) is 22.8 Å². The van der Waals surface area contributed by atoms with Gasteiger partial charge in [-0.15, -0.1) is 10.2 Å². The summed E-state index contributed by atoms with van der Waals surface area (Å²) in [5.41, 5.74) is 2.29. The first-order valence-electron chi connectivity index (χ1n) is 9.16. The van der Waals surface area contributed by atoms with E-state index in [1.165, 1.54) is 25.6 Å². The minimum atomic E-state index is -0.821. The molecule has 0 aliphatic heterocycles. The van der Waals surface area contributed by atoms with Crippen molar-refractivity contribution in [3.05, 3.63) is 53.6 Å². The Balaban J connectivity index is 1.67. The minimum Gasteiger partial charge on any atom is -0.496 e. The Morgan fingerprint density at radius 3 is 2.23 bits per heavy atom. The molecule has 2 aromatic carbocycles. The van der Waals surface area contributed by atoms with Gasteiger partial charge in [0, 0.05) is 5.56 Å². The average molecular weight is 426 g/mol. The molecule has 3 aromatic rings. The lowest BCUT2D eigenvalue weighted by molar-refractivity contribution is -0.117. The lowest BCUT2D eigenvalue weighted by atomic mass is 10.1. The van der Waals surface area contributed by atoms with Gasteiger partial charge in [0.2, 0.25) is 11.0 Å². The van der Waals surface area contributed by atoms with Crippen LogP contribution in [-0.2, 0) is 4.79 Å². The highest BCUT2D eigenvalue weighted by Gasteiger charge is 2.23. The van der Waals surface area contributed by atoms with E-state index in [1.807, 2.05) is 31.2 Å². The van der Waals surface area contributed by atoms with E-state index in [4.69, 9.17) is 9.47 Å². The lowest BCUT2D eigenvalue weighted by Gasteiger charge is -2.16. The van der Waals surface area contributed by atoms with E-state index < -0.39 is 17.9 Å². The number of carbonyl (C=O) groups excluding carboxylic acids is 2. The molecule has 1 heterocycles. The zero-order valence-electron chi connectivity index (χ0n) is 17.1. The number of carbonyl (C=O) groups is 2. The molecule has 0 fully saturated rings. The molecule has 0 radical (unpaired) electrons. The molecule has 0 saturated heterocycles. The predicted molar refractivity (Wildman–Crippen MR) is 115 cm³/mol. The normalized spacial score (nSPS) is 11.5. The molecule has 1 unspecified atom stereocenters. The predicted octanol–water partition coefficient (Wildman–Crippen LogP) is 3.29. The van der Waals surface area contributed by atoms with Crippen LogP contribution in [0, 0.1) is 6.92 Å². The number of benzene rings is 2. The van der Waals surface area contributed by atoms with Gasteiger partial charge in [0.1, 0.15) is 28.1 Å². The van der Waals surface area contributed by atoms with Gasteiger partial charge < -0.3 is 14.8 Å². The monoisotopic (exact) mass is 426 g/mol. The molecule has 8 nitrogen and oxygen atoms in total. The molecule has 1 atom stereocenters. The maximum Gasteiger partial charge on any atom is 0.259 e. The number of aromatic nitrogens is 2. The van der Waals surface area contributed by atoms with Gasteiger partial charge in [-0.2, -0.15) is 0 Å². The van der Waals surface area contributed by atoms with Crippen molar-refractivity contribution in [3.63, 3.8) is 0 Å². The minimum absolute atomic E-state index is 0.222. The molecule has 0 aliphatic rings. The second-order valence-corrected chi connectivity index (χ2v) is 7.48. The number of ether oxygens (including phenoxy) is 2. The SMILES string of the molecule is COc1cccc(OC)c1C(=O)NC(C)C(=O)Nc1nnc(-c2ccc(C)cc2)s1. The van der Waals surface area contributed by atoms with Gasteiger partial charge in [-0.1, -0.05) is 47.2 Å². The number of nitrogens with one attached hydrogen (secondary N) is 2. The standard InChI is InChI=1S/C21H22N4O4S/c1-12-8-10-14(11-9-12)20-24-25-21(30-20)23-18(26)13(2)22-19(27)17-15(28-3)6-5-7-16(17)29-4/h5-11,13H,1-4H3,(H,22,27)(H,23,25,26). The van der Waals surface area contributed by atoms with E-state index >= 15 is 0 Å². The maximum absolute atomic E-state index is 12.7. The van der Waals surface area contributed by atoms with Crippen LogP contribution in [0.4, 0.5) is 5.13 Å². The largest absolute Gasteiger partial charge is 0.496 e. The van der Waals surface area contributed by atoms with Crippen molar-refractivity contribution in [1.82, 2.24) is 15.5 Å². The first-order chi connectivity index (χ1) is 14.4. The van der Waals surface area contributed by atoms with Crippen molar-refractivity contribution in [2.45, 2.75) is 19.9 Å². The molecular weight excluding hydrogens is 404 g/mol. The summed E-state index contributed by atoms with van der Waals surface area (Å²) in [4.78, 5) is 25.2. The Hall–Kier alpha value is -3.46. The van der Waals surface area contributed by atoms with E-state index in [1.54, 1.807) is 25.1 Å². The third kappa shape index (κ3) is 4.74. The number of methoxy groups -OCH3 is 2. The molecule has 1 aromatic heterocycles. The third-order valence-corrected chi connectivity index (χ3v) is 5.24. The Morgan fingerprint density at radius 1 is 1.00 bits per heavy atom. The van der Waals surface area contributed by atoms with Crippen molar-refractivity contribution in [3.8, 4) is 22.1 Å². The third-order valence-electron chi connectivity index (χ3n) is 4.35. The number of nitrogens with zero attached hydrogens (tertiary/aromatic N) is 2. The smallest absolute Gasteiger partial charge is 0.259 e. The molecule has 156 valence electrons. The van der Waals surface area contributed by atoms with Crippen molar-refractivity contribution >= 4 is 28.3 Å². The van der Waals surface area contributed by atoms with Crippen LogP contribution in [-0.4, -0.2) is 42.3 Å².